The molecule has 0 amide bonds. The number of aliphatic hydroxyl groups excluding tert-OH is 1. The molecule has 0 bridgehead atoms. The van der Waals surface area contributed by atoms with E-state index in [-0.39, 0.29) is 35.7 Å². The molecule has 6 heteroatoms. The summed E-state index contributed by atoms with van der Waals surface area (Å²) in [5, 5.41) is 8.97. The van der Waals surface area contributed by atoms with Crippen molar-refractivity contribution < 1.29 is 47.6 Å². The van der Waals surface area contributed by atoms with Crippen molar-refractivity contribution in [1.82, 2.24) is 0 Å². The summed E-state index contributed by atoms with van der Waals surface area (Å²) in [5.74, 6) is 0. The number of rotatable bonds is 14. The molecule has 0 rings (SSSR count). The van der Waals surface area contributed by atoms with E-state index >= 15 is 0 Å². The zero-order chi connectivity index (χ0) is 16.1. The van der Waals surface area contributed by atoms with Gasteiger partial charge in [-0.05, 0) is 32.6 Å². The Labute approximate surface area is 159 Å². The van der Waals surface area contributed by atoms with Gasteiger partial charge in [0, 0.05) is 5.25 Å². The third-order valence-electron chi connectivity index (χ3n) is 4.03. The molecule has 0 aromatic carbocycles. The van der Waals surface area contributed by atoms with Crippen LogP contribution in [0.5, 0.6) is 0 Å². The first-order chi connectivity index (χ1) is 9.88. The quantitative estimate of drug-likeness (QED) is 0.290. The average Bonchev–Trinajstić information content (AvgIpc) is 2.40. The summed E-state index contributed by atoms with van der Waals surface area (Å²) in [6, 6.07) is 0. The van der Waals surface area contributed by atoms with Crippen LogP contribution >= 0.6 is 0 Å². The standard InChI is InChI=1S/C16H34O4S.Na/c1-3-4-5-6-7-8-9-10-13-16(17)14-11-12-15(2)21(18,19)20;/h15-17H,3-14H2,1-2H3,(H,18,19,20);/q;+1/p-1. The molecule has 0 spiro atoms. The van der Waals surface area contributed by atoms with Gasteiger partial charge in [-0.15, -0.1) is 0 Å². The molecule has 22 heavy (non-hydrogen) atoms. The zero-order valence-corrected chi connectivity index (χ0v) is 17.5. The van der Waals surface area contributed by atoms with Gasteiger partial charge in [0.2, 0.25) is 0 Å². The summed E-state index contributed by atoms with van der Waals surface area (Å²) < 4.78 is 32.2. The maximum Gasteiger partial charge on any atom is 1.00 e. The Kier molecular flexibility index (Phi) is 17.6. The molecule has 0 saturated heterocycles. The van der Waals surface area contributed by atoms with Crippen LogP contribution in [0.15, 0.2) is 0 Å². The van der Waals surface area contributed by atoms with Crippen LogP contribution < -0.4 is 29.6 Å². The molecule has 0 aliphatic rings. The van der Waals surface area contributed by atoms with Gasteiger partial charge in [0.25, 0.3) is 0 Å². The van der Waals surface area contributed by atoms with Crippen molar-refractivity contribution in [2.75, 3.05) is 0 Å². The predicted octanol–water partition coefficient (Wildman–Crippen LogP) is 0.986. The fraction of sp³-hybridized carbons (Fsp3) is 1.00. The van der Waals surface area contributed by atoms with Crippen LogP contribution in [0.1, 0.15) is 90.9 Å². The van der Waals surface area contributed by atoms with E-state index in [1.165, 1.54) is 45.4 Å². The van der Waals surface area contributed by atoms with Crippen LogP contribution in [0.25, 0.3) is 0 Å². The van der Waals surface area contributed by atoms with E-state index in [0.29, 0.717) is 19.3 Å². The summed E-state index contributed by atoms with van der Waals surface area (Å²) in [6.07, 6.45) is 11.9. The normalized spacial score (nSPS) is 14.4. The van der Waals surface area contributed by atoms with Gasteiger partial charge >= 0.3 is 29.6 Å². The Morgan fingerprint density at radius 2 is 1.32 bits per heavy atom. The molecule has 2 atom stereocenters. The smallest absolute Gasteiger partial charge is 0.748 e. The fourth-order valence-electron chi connectivity index (χ4n) is 2.44. The molecule has 0 aliphatic heterocycles. The van der Waals surface area contributed by atoms with Crippen molar-refractivity contribution in [3.05, 3.63) is 0 Å². The Morgan fingerprint density at radius 3 is 1.82 bits per heavy atom. The van der Waals surface area contributed by atoms with Gasteiger partial charge < -0.3 is 9.66 Å². The fourth-order valence-corrected chi connectivity index (χ4v) is 2.90. The van der Waals surface area contributed by atoms with Crippen LogP contribution in [0.3, 0.4) is 0 Å². The number of hydrogen-bond acceptors (Lipinski definition) is 4. The molecule has 4 nitrogen and oxygen atoms in total. The van der Waals surface area contributed by atoms with Crippen LogP contribution in [0.2, 0.25) is 0 Å². The van der Waals surface area contributed by atoms with Crippen LogP contribution in [0.4, 0.5) is 0 Å². The van der Waals surface area contributed by atoms with E-state index in [9.17, 15) is 18.1 Å². The van der Waals surface area contributed by atoms with Crippen molar-refractivity contribution >= 4 is 10.1 Å². The van der Waals surface area contributed by atoms with E-state index in [2.05, 4.69) is 6.92 Å². The van der Waals surface area contributed by atoms with E-state index in [0.717, 1.165) is 19.3 Å². The van der Waals surface area contributed by atoms with Crippen molar-refractivity contribution in [3.8, 4) is 0 Å². The molecule has 0 radical (unpaired) electrons. The monoisotopic (exact) mass is 344 g/mol. The van der Waals surface area contributed by atoms with Gasteiger partial charge in [-0.25, -0.2) is 8.42 Å². The van der Waals surface area contributed by atoms with Gasteiger partial charge in [-0.3, -0.25) is 0 Å². The Bertz CT molecular complexity index is 333. The van der Waals surface area contributed by atoms with Crippen molar-refractivity contribution in [2.45, 2.75) is 102 Å². The molecular weight excluding hydrogens is 311 g/mol. The van der Waals surface area contributed by atoms with E-state index in [4.69, 9.17) is 0 Å². The second kappa shape index (κ2) is 15.4. The number of unbranched alkanes of at least 4 members (excludes halogenated alkanes) is 7. The third-order valence-corrected chi connectivity index (χ3v) is 5.25. The number of hydrogen-bond donors (Lipinski definition) is 1. The minimum absolute atomic E-state index is 0. The molecule has 0 aliphatic carbocycles. The molecule has 0 aromatic rings. The van der Waals surface area contributed by atoms with Crippen LogP contribution in [0, 0.1) is 0 Å². The first-order valence-corrected chi connectivity index (χ1v) is 9.97. The summed E-state index contributed by atoms with van der Waals surface area (Å²) in [4.78, 5) is 0. The Balaban J connectivity index is 0. The molecule has 1 N–H and O–H groups in total. The van der Waals surface area contributed by atoms with Gasteiger partial charge in [0.15, 0.2) is 0 Å². The summed E-state index contributed by atoms with van der Waals surface area (Å²) in [7, 11) is -4.17. The second-order valence-corrected chi connectivity index (χ2v) is 7.94. The third kappa shape index (κ3) is 15.8. The van der Waals surface area contributed by atoms with E-state index in [1.807, 2.05) is 0 Å². The molecule has 128 valence electrons. The first kappa shape index (κ1) is 25.1. The van der Waals surface area contributed by atoms with Crippen LogP contribution in [-0.2, 0) is 10.1 Å². The molecule has 0 fully saturated rings. The zero-order valence-electron chi connectivity index (χ0n) is 14.7. The molecule has 0 aromatic heterocycles. The minimum Gasteiger partial charge on any atom is -0.748 e. The topological polar surface area (TPSA) is 77.4 Å². The molecule has 0 saturated carbocycles. The van der Waals surface area contributed by atoms with Crippen molar-refractivity contribution in [3.63, 3.8) is 0 Å². The van der Waals surface area contributed by atoms with E-state index < -0.39 is 15.4 Å². The summed E-state index contributed by atoms with van der Waals surface area (Å²) >= 11 is 0. The van der Waals surface area contributed by atoms with E-state index in [1.54, 1.807) is 0 Å². The largest absolute Gasteiger partial charge is 1.00 e. The van der Waals surface area contributed by atoms with Crippen molar-refractivity contribution in [2.24, 2.45) is 0 Å². The minimum atomic E-state index is -4.17. The van der Waals surface area contributed by atoms with Gasteiger partial charge in [-0.1, -0.05) is 58.3 Å². The predicted molar refractivity (Wildman–Crippen MR) is 86.2 cm³/mol. The van der Waals surface area contributed by atoms with Crippen LogP contribution in [-0.4, -0.2) is 29.4 Å². The maximum atomic E-state index is 10.7. The average molecular weight is 344 g/mol. The van der Waals surface area contributed by atoms with Crippen molar-refractivity contribution in [1.29, 1.82) is 0 Å². The summed E-state index contributed by atoms with van der Waals surface area (Å²) in [5.41, 5.74) is 0. The second-order valence-electron chi connectivity index (χ2n) is 6.15. The Hall–Kier alpha value is 0.870. The SMILES string of the molecule is CCCCCCCCCCC(O)CCCC(C)S(=O)(=O)[O-].[Na+]. The summed E-state index contributed by atoms with van der Waals surface area (Å²) in [6.45, 7) is 3.65. The maximum absolute atomic E-state index is 10.7. The van der Waals surface area contributed by atoms with Gasteiger partial charge in [0.05, 0.1) is 16.2 Å². The molecule has 0 heterocycles. The Morgan fingerprint density at radius 1 is 0.864 bits per heavy atom. The molecular formula is C16H33NaO4S. The molecule has 2 unspecified atom stereocenters. The van der Waals surface area contributed by atoms with Gasteiger partial charge in [-0.2, -0.15) is 0 Å². The first-order valence-electron chi connectivity index (χ1n) is 8.50. The number of aliphatic hydroxyl groups is 1. The van der Waals surface area contributed by atoms with Gasteiger partial charge in [0.1, 0.15) is 0 Å².